The molecule has 0 fully saturated rings. The molecule has 140 valence electrons. The van der Waals surface area contributed by atoms with Gasteiger partial charge in [0.05, 0.1) is 25.0 Å². The van der Waals surface area contributed by atoms with Crippen molar-refractivity contribution in [3.8, 4) is 0 Å². The lowest BCUT2D eigenvalue weighted by molar-refractivity contribution is -0.117. The van der Waals surface area contributed by atoms with Gasteiger partial charge < -0.3 is 9.73 Å². The fourth-order valence-electron chi connectivity index (χ4n) is 2.68. The van der Waals surface area contributed by atoms with Crippen LogP contribution in [0.3, 0.4) is 0 Å². The van der Waals surface area contributed by atoms with Gasteiger partial charge in [0.15, 0.2) is 5.82 Å². The monoisotopic (exact) mass is 434 g/mol. The van der Waals surface area contributed by atoms with Crippen LogP contribution >= 0.6 is 15.9 Å². The van der Waals surface area contributed by atoms with E-state index < -0.39 is 17.5 Å². The van der Waals surface area contributed by atoms with Crippen molar-refractivity contribution >= 4 is 27.5 Å². The molecule has 0 aliphatic heterocycles. The highest BCUT2D eigenvalue weighted by atomic mass is 79.9. The SMILES string of the molecule is O=C(CN(Cc1ccccc1)Cc1ccco1)Nc1c(F)cc(F)cc1Br. The first kappa shape index (κ1) is 19.3. The molecule has 1 aromatic heterocycles. The lowest BCUT2D eigenvalue weighted by atomic mass is 10.2. The zero-order chi connectivity index (χ0) is 19.2. The van der Waals surface area contributed by atoms with E-state index in [1.807, 2.05) is 41.3 Å². The van der Waals surface area contributed by atoms with Crippen LogP contribution in [0.15, 0.2) is 69.8 Å². The number of halogens is 3. The van der Waals surface area contributed by atoms with Crippen LogP contribution in [0.25, 0.3) is 0 Å². The summed E-state index contributed by atoms with van der Waals surface area (Å²) in [6, 6.07) is 15.1. The summed E-state index contributed by atoms with van der Waals surface area (Å²) in [5, 5.41) is 2.50. The predicted octanol–water partition coefficient (Wildman–Crippen LogP) is 4.96. The Hall–Kier alpha value is -2.51. The van der Waals surface area contributed by atoms with E-state index in [1.54, 1.807) is 12.3 Å². The van der Waals surface area contributed by atoms with Crippen LogP contribution in [0.2, 0.25) is 0 Å². The molecular weight excluding hydrogens is 418 g/mol. The minimum absolute atomic E-state index is 0.0127. The van der Waals surface area contributed by atoms with Gasteiger partial charge in [-0.3, -0.25) is 9.69 Å². The van der Waals surface area contributed by atoms with Gasteiger partial charge in [0.25, 0.3) is 0 Å². The molecule has 2 aromatic carbocycles. The number of hydrogen-bond donors (Lipinski definition) is 1. The van der Waals surface area contributed by atoms with Gasteiger partial charge >= 0.3 is 0 Å². The third-order valence-corrected chi connectivity index (χ3v) is 4.47. The molecule has 27 heavy (non-hydrogen) atoms. The van der Waals surface area contributed by atoms with Gasteiger partial charge in [-0.25, -0.2) is 8.78 Å². The van der Waals surface area contributed by atoms with Crippen LogP contribution in [0.5, 0.6) is 0 Å². The Morgan fingerprint density at radius 3 is 2.52 bits per heavy atom. The molecule has 1 N–H and O–H groups in total. The number of amides is 1. The fourth-order valence-corrected chi connectivity index (χ4v) is 3.18. The van der Waals surface area contributed by atoms with Crippen LogP contribution in [-0.4, -0.2) is 17.4 Å². The molecule has 0 radical (unpaired) electrons. The lowest BCUT2D eigenvalue weighted by Gasteiger charge is -2.21. The van der Waals surface area contributed by atoms with Crippen LogP contribution in [0, 0.1) is 11.6 Å². The normalized spacial score (nSPS) is 11.0. The van der Waals surface area contributed by atoms with Crippen molar-refractivity contribution in [2.24, 2.45) is 0 Å². The smallest absolute Gasteiger partial charge is 0.238 e. The molecule has 0 atom stereocenters. The summed E-state index contributed by atoms with van der Waals surface area (Å²) in [6.07, 6.45) is 1.57. The Bertz CT molecular complexity index is 879. The van der Waals surface area contributed by atoms with E-state index in [9.17, 15) is 13.6 Å². The van der Waals surface area contributed by atoms with Gasteiger partial charge in [0, 0.05) is 17.1 Å². The summed E-state index contributed by atoms with van der Waals surface area (Å²) >= 11 is 3.07. The number of carbonyl (C=O) groups is 1. The van der Waals surface area contributed by atoms with E-state index in [1.165, 1.54) is 0 Å². The average molecular weight is 435 g/mol. The number of anilines is 1. The van der Waals surface area contributed by atoms with E-state index in [2.05, 4.69) is 21.2 Å². The maximum absolute atomic E-state index is 13.9. The van der Waals surface area contributed by atoms with Gasteiger partial charge in [-0.05, 0) is 39.7 Å². The second-order valence-electron chi connectivity index (χ2n) is 6.00. The third-order valence-electron chi connectivity index (χ3n) is 3.85. The highest BCUT2D eigenvalue weighted by Crippen LogP contribution is 2.26. The highest BCUT2D eigenvalue weighted by molar-refractivity contribution is 9.10. The third kappa shape index (κ3) is 5.48. The van der Waals surface area contributed by atoms with E-state index in [0.29, 0.717) is 18.8 Å². The van der Waals surface area contributed by atoms with Crippen molar-refractivity contribution in [2.45, 2.75) is 13.1 Å². The largest absolute Gasteiger partial charge is 0.468 e. The van der Waals surface area contributed by atoms with Gasteiger partial charge in [0.2, 0.25) is 5.91 Å². The average Bonchev–Trinajstić information content (AvgIpc) is 3.12. The number of nitrogens with one attached hydrogen (secondary N) is 1. The van der Waals surface area contributed by atoms with Gasteiger partial charge in [-0.2, -0.15) is 0 Å². The molecular formula is C20H17BrF2N2O2. The Morgan fingerprint density at radius 2 is 1.85 bits per heavy atom. The highest BCUT2D eigenvalue weighted by Gasteiger charge is 2.17. The predicted molar refractivity (Wildman–Crippen MR) is 102 cm³/mol. The van der Waals surface area contributed by atoms with Crippen molar-refractivity contribution in [3.05, 3.63) is 88.3 Å². The maximum atomic E-state index is 13.9. The van der Waals surface area contributed by atoms with Crippen LogP contribution in [-0.2, 0) is 17.9 Å². The maximum Gasteiger partial charge on any atom is 0.238 e. The Kier molecular flexibility index (Phi) is 6.36. The van der Waals surface area contributed by atoms with E-state index in [4.69, 9.17) is 4.42 Å². The standard InChI is InChI=1S/C20H17BrF2N2O2/c21-17-9-15(22)10-18(23)20(17)24-19(26)13-25(12-16-7-4-8-27-16)11-14-5-2-1-3-6-14/h1-10H,11-13H2,(H,24,26). The summed E-state index contributed by atoms with van der Waals surface area (Å²) in [7, 11) is 0. The first-order chi connectivity index (χ1) is 13.0. The first-order valence-corrected chi connectivity index (χ1v) is 9.03. The Morgan fingerprint density at radius 1 is 1.07 bits per heavy atom. The molecule has 3 rings (SSSR count). The Balaban J connectivity index is 1.72. The number of rotatable bonds is 7. The summed E-state index contributed by atoms with van der Waals surface area (Å²) < 4.78 is 32.7. The molecule has 0 aliphatic rings. The minimum atomic E-state index is -0.837. The molecule has 0 bridgehead atoms. The van der Waals surface area contributed by atoms with Crippen molar-refractivity contribution < 1.29 is 18.0 Å². The van der Waals surface area contributed by atoms with Crippen molar-refractivity contribution in [1.82, 2.24) is 4.90 Å². The quantitative estimate of drug-likeness (QED) is 0.571. The Labute approximate surface area is 163 Å². The molecule has 0 unspecified atom stereocenters. The van der Waals surface area contributed by atoms with Crippen LogP contribution < -0.4 is 5.32 Å². The number of benzene rings is 2. The molecule has 0 saturated heterocycles. The first-order valence-electron chi connectivity index (χ1n) is 8.24. The summed E-state index contributed by atoms with van der Waals surface area (Å²) in [5.74, 6) is -1.26. The molecule has 0 aliphatic carbocycles. The molecule has 7 heteroatoms. The number of hydrogen-bond acceptors (Lipinski definition) is 3. The fraction of sp³-hybridized carbons (Fsp3) is 0.150. The summed E-state index contributed by atoms with van der Waals surface area (Å²) in [6.45, 7) is 0.948. The molecule has 1 heterocycles. The van der Waals surface area contributed by atoms with Crippen LogP contribution in [0.4, 0.5) is 14.5 Å². The zero-order valence-electron chi connectivity index (χ0n) is 14.3. The van der Waals surface area contributed by atoms with Gasteiger partial charge in [-0.1, -0.05) is 30.3 Å². The second-order valence-corrected chi connectivity index (χ2v) is 6.86. The van der Waals surface area contributed by atoms with E-state index >= 15 is 0 Å². The lowest BCUT2D eigenvalue weighted by Crippen LogP contribution is -2.32. The minimum Gasteiger partial charge on any atom is -0.468 e. The summed E-state index contributed by atoms with van der Waals surface area (Å²) in [4.78, 5) is 14.3. The van der Waals surface area contributed by atoms with Gasteiger partial charge in [-0.15, -0.1) is 0 Å². The molecule has 0 spiro atoms. The number of furan rings is 1. The topological polar surface area (TPSA) is 45.5 Å². The summed E-state index contributed by atoms with van der Waals surface area (Å²) in [5.41, 5.74) is 0.949. The van der Waals surface area contributed by atoms with Crippen molar-refractivity contribution in [2.75, 3.05) is 11.9 Å². The van der Waals surface area contributed by atoms with E-state index in [0.717, 1.165) is 17.7 Å². The molecule has 0 saturated carbocycles. The second kappa shape index (κ2) is 8.92. The van der Waals surface area contributed by atoms with Crippen molar-refractivity contribution in [1.29, 1.82) is 0 Å². The van der Waals surface area contributed by atoms with Crippen molar-refractivity contribution in [3.63, 3.8) is 0 Å². The number of nitrogens with zero attached hydrogens (tertiary/aromatic N) is 1. The molecule has 4 nitrogen and oxygen atoms in total. The van der Waals surface area contributed by atoms with E-state index in [-0.39, 0.29) is 16.7 Å². The zero-order valence-corrected chi connectivity index (χ0v) is 15.9. The number of carbonyl (C=O) groups excluding carboxylic acids is 1. The van der Waals surface area contributed by atoms with Gasteiger partial charge in [0.1, 0.15) is 11.6 Å². The van der Waals surface area contributed by atoms with Crippen LogP contribution in [0.1, 0.15) is 11.3 Å². The molecule has 1 amide bonds. The molecule has 3 aromatic rings.